The number of carboxylic acid groups (broad SMARTS) is 1. The van der Waals surface area contributed by atoms with Crippen LogP contribution in [0.2, 0.25) is 0 Å². The number of carbonyl (C=O) groups is 2. The van der Waals surface area contributed by atoms with Gasteiger partial charge in [-0.05, 0) is 36.4 Å². The van der Waals surface area contributed by atoms with Gasteiger partial charge in [0.1, 0.15) is 17.4 Å². The molecule has 0 aliphatic carbocycles. The smallest absolute Gasteiger partial charge is 0.339 e. The molecule has 0 heterocycles. The Balaban J connectivity index is 2.18. The second kappa shape index (κ2) is 8.13. The Morgan fingerprint density at radius 1 is 1.19 bits per heavy atom. The first-order valence-corrected chi connectivity index (χ1v) is 7.37. The van der Waals surface area contributed by atoms with Gasteiger partial charge in [-0.25, -0.2) is 4.79 Å². The molecule has 136 valence electrons. The van der Waals surface area contributed by atoms with E-state index in [1.807, 2.05) is 0 Å². The van der Waals surface area contributed by atoms with Gasteiger partial charge in [0.25, 0.3) is 5.91 Å². The zero-order chi connectivity index (χ0) is 20.0. The van der Waals surface area contributed by atoms with E-state index in [1.54, 1.807) is 18.2 Å². The number of hydrogen-bond donors (Lipinski definition) is 6. The zero-order valence-electron chi connectivity index (χ0n) is 13.7. The summed E-state index contributed by atoms with van der Waals surface area (Å²) in [6.45, 7) is 0. The Labute approximate surface area is 153 Å². The van der Waals surface area contributed by atoms with Gasteiger partial charge in [-0.15, -0.1) is 0 Å². The number of rotatable bonds is 6. The van der Waals surface area contributed by atoms with Crippen LogP contribution in [-0.2, 0) is 0 Å². The van der Waals surface area contributed by atoms with E-state index in [4.69, 9.17) is 21.5 Å². The first-order chi connectivity index (χ1) is 12.8. The third kappa shape index (κ3) is 4.80. The van der Waals surface area contributed by atoms with Crippen molar-refractivity contribution in [1.29, 1.82) is 10.7 Å². The third-order valence-corrected chi connectivity index (χ3v) is 3.27. The lowest BCUT2D eigenvalue weighted by Crippen LogP contribution is -2.21. The van der Waals surface area contributed by atoms with Crippen LogP contribution in [0, 0.1) is 16.7 Å². The number of nitrogens with one attached hydrogen (secondary N) is 3. The van der Waals surface area contributed by atoms with Crippen molar-refractivity contribution in [3.05, 3.63) is 53.6 Å². The van der Waals surface area contributed by atoms with Gasteiger partial charge in [-0.2, -0.15) is 10.4 Å². The van der Waals surface area contributed by atoms with Crippen LogP contribution in [0.4, 0.5) is 11.4 Å². The number of aromatic hydroxyl groups is 1. The summed E-state index contributed by atoms with van der Waals surface area (Å²) in [6, 6.07) is 11.4. The van der Waals surface area contributed by atoms with Crippen molar-refractivity contribution in [2.45, 2.75) is 0 Å². The number of nitrogens with zero attached hydrogens (tertiary/aromatic N) is 2. The maximum Gasteiger partial charge on any atom is 0.339 e. The summed E-state index contributed by atoms with van der Waals surface area (Å²) in [5.41, 5.74) is 7.84. The van der Waals surface area contributed by atoms with Gasteiger partial charge >= 0.3 is 5.97 Å². The number of nitrogens with two attached hydrogens (primary N) is 1. The average molecular weight is 366 g/mol. The van der Waals surface area contributed by atoms with E-state index in [-0.39, 0.29) is 22.5 Å². The Bertz CT molecular complexity index is 993. The second-order valence-electron chi connectivity index (χ2n) is 5.17. The highest BCUT2D eigenvalue weighted by atomic mass is 16.4. The maximum absolute atomic E-state index is 12.3. The number of aromatic carboxylic acids is 1. The normalized spacial score (nSPS) is 10.6. The quantitative estimate of drug-likeness (QED) is 0.194. The summed E-state index contributed by atoms with van der Waals surface area (Å²) in [4.78, 5) is 23.4. The zero-order valence-corrected chi connectivity index (χ0v) is 13.7. The highest BCUT2D eigenvalue weighted by molar-refractivity contribution is 6.45. The molecule has 0 bridgehead atoms. The molecular formula is C17H14N6O4. The summed E-state index contributed by atoms with van der Waals surface area (Å²) >= 11 is 0. The first kappa shape index (κ1) is 18.9. The molecule has 0 saturated heterocycles. The molecule has 0 aromatic heterocycles. The summed E-state index contributed by atoms with van der Waals surface area (Å²) in [7, 11) is 0. The fourth-order valence-corrected chi connectivity index (χ4v) is 1.98. The minimum absolute atomic E-state index is 0.190. The number of nitriles is 1. The van der Waals surface area contributed by atoms with E-state index < -0.39 is 23.5 Å². The number of phenols is 1. The second-order valence-corrected chi connectivity index (χ2v) is 5.17. The molecule has 2 aromatic rings. The topological polar surface area (TPSA) is 185 Å². The molecule has 2 aromatic carbocycles. The lowest BCUT2D eigenvalue weighted by atomic mass is 10.1. The van der Waals surface area contributed by atoms with Crippen LogP contribution < -0.4 is 16.5 Å². The molecule has 0 spiro atoms. The van der Waals surface area contributed by atoms with Gasteiger partial charge in [-0.1, -0.05) is 6.07 Å². The van der Waals surface area contributed by atoms with Crippen LogP contribution in [0.1, 0.15) is 20.7 Å². The monoisotopic (exact) mass is 366 g/mol. The molecular weight excluding hydrogens is 352 g/mol. The number of hydrogen-bond acceptors (Lipinski definition) is 7. The Morgan fingerprint density at radius 3 is 2.56 bits per heavy atom. The van der Waals surface area contributed by atoms with Crippen LogP contribution >= 0.6 is 0 Å². The van der Waals surface area contributed by atoms with Crippen molar-refractivity contribution in [3.8, 4) is 11.8 Å². The maximum atomic E-state index is 12.3. The molecule has 0 fully saturated rings. The SMILES string of the molecule is N#C/C(=N\Nc1cccc(C(=O)Nc2ccc(O)c(C(=O)O)c2)c1)C(=N)N. The molecule has 0 aliphatic heterocycles. The third-order valence-electron chi connectivity index (χ3n) is 3.27. The Morgan fingerprint density at radius 2 is 1.93 bits per heavy atom. The number of carbonyl (C=O) groups excluding carboxylic acids is 1. The molecule has 27 heavy (non-hydrogen) atoms. The molecule has 0 radical (unpaired) electrons. The summed E-state index contributed by atoms with van der Waals surface area (Å²) in [5.74, 6) is -2.77. The van der Waals surface area contributed by atoms with Gasteiger partial charge in [0.15, 0.2) is 5.84 Å². The van der Waals surface area contributed by atoms with E-state index in [2.05, 4.69) is 15.8 Å². The summed E-state index contributed by atoms with van der Waals surface area (Å²) in [6.07, 6.45) is 0. The minimum atomic E-state index is -1.33. The van der Waals surface area contributed by atoms with Crippen LogP contribution in [-0.4, -0.2) is 33.6 Å². The van der Waals surface area contributed by atoms with Crippen molar-refractivity contribution < 1.29 is 19.8 Å². The molecule has 0 aliphatic rings. The predicted octanol–water partition coefficient (Wildman–Crippen LogP) is 1.57. The first-order valence-electron chi connectivity index (χ1n) is 7.37. The molecule has 0 unspecified atom stereocenters. The van der Waals surface area contributed by atoms with E-state index in [0.717, 1.165) is 12.1 Å². The van der Waals surface area contributed by atoms with E-state index in [9.17, 15) is 14.7 Å². The number of amidine groups is 1. The van der Waals surface area contributed by atoms with Gasteiger partial charge < -0.3 is 21.3 Å². The molecule has 10 heteroatoms. The number of hydrazone groups is 1. The lowest BCUT2D eigenvalue weighted by molar-refractivity contribution is 0.0693. The van der Waals surface area contributed by atoms with Gasteiger partial charge in [0, 0.05) is 11.3 Å². The van der Waals surface area contributed by atoms with Crippen LogP contribution in [0.3, 0.4) is 0 Å². The fraction of sp³-hybridized carbons (Fsp3) is 0. The highest BCUT2D eigenvalue weighted by Crippen LogP contribution is 2.22. The Kier molecular flexibility index (Phi) is 5.70. The molecule has 2 rings (SSSR count). The van der Waals surface area contributed by atoms with Crippen molar-refractivity contribution in [2.24, 2.45) is 10.8 Å². The molecule has 10 nitrogen and oxygen atoms in total. The lowest BCUT2D eigenvalue weighted by Gasteiger charge is -2.08. The largest absolute Gasteiger partial charge is 0.507 e. The van der Waals surface area contributed by atoms with Gasteiger partial charge in [0.2, 0.25) is 5.71 Å². The standard InChI is InChI=1S/C17H14N6O4/c18-8-13(15(19)20)23-22-11-3-1-2-9(6-11)16(25)21-10-4-5-14(24)12(7-10)17(26)27/h1-7,22,24H,(H3,19,20)(H,21,25)(H,26,27)/b23-13+. The van der Waals surface area contributed by atoms with E-state index in [1.165, 1.54) is 18.2 Å². The van der Waals surface area contributed by atoms with Crippen LogP contribution in [0.25, 0.3) is 0 Å². The fourth-order valence-electron chi connectivity index (χ4n) is 1.98. The number of amides is 1. The Hall–Kier alpha value is -4.39. The van der Waals surface area contributed by atoms with Crippen LogP contribution in [0.5, 0.6) is 5.75 Å². The number of anilines is 2. The summed E-state index contributed by atoms with van der Waals surface area (Å²) in [5, 5.41) is 40.7. The van der Waals surface area contributed by atoms with Gasteiger partial charge in [-0.3, -0.25) is 15.6 Å². The molecule has 7 N–H and O–H groups in total. The van der Waals surface area contributed by atoms with Crippen molar-refractivity contribution >= 4 is 34.8 Å². The molecule has 0 saturated carbocycles. The van der Waals surface area contributed by atoms with E-state index >= 15 is 0 Å². The van der Waals surface area contributed by atoms with Crippen molar-refractivity contribution in [3.63, 3.8) is 0 Å². The number of carboxylic acids is 1. The minimum Gasteiger partial charge on any atom is -0.507 e. The van der Waals surface area contributed by atoms with Crippen LogP contribution in [0.15, 0.2) is 47.6 Å². The van der Waals surface area contributed by atoms with Crippen molar-refractivity contribution in [2.75, 3.05) is 10.7 Å². The average Bonchev–Trinajstić information content (AvgIpc) is 2.63. The summed E-state index contributed by atoms with van der Waals surface area (Å²) < 4.78 is 0. The molecule has 0 atom stereocenters. The van der Waals surface area contributed by atoms with Crippen molar-refractivity contribution in [1.82, 2.24) is 0 Å². The van der Waals surface area contributed by atoms with E-state index in [0.29, 0.717) is 5.69 Å². The van der Waals surface area contributed by atoms with Gasteiger partial charge in [0.05, 0.1) is 5.69 Å². The predicted molar refractivity (Wildman–Crippen MR) is 98.0 cm³/mol. The molecule has 1 amide bonds. The highest BCUT2D eigenvalue weighted by Gasteiger charge is 2.13. The number of benzene rings is 2.